The van der Waals surface area contributed by atoms with Gasteiger partial charge in [-0.25, -0.2) is 0 Å². The van der Waals surface area contributed by atoms with Crippen molar-refractivity contribution in [3.63, 3.8) is 0 Å². The molecule has 0 saturated carbocycles. The molecule has 0 aliphatic heterocycles. The Hall–Kier alpha value is -1.65. The molecule has 1 aromatic carbocycles. The molecule has 0 heterocycles. The quantitative estimate of drug-likeness (QED) is 0.368. The first-order chi connectivity index (χ1) is 11.1. The van der Waals surface area contributed by atoms with Crippen molar-refractivity contribution in [1.29, 1.82) is 0 Å². The van der Waals surface area contributed by atoms with Crippen molar-refractivity contribution in [1.82, 2.24) is 0 Å². The predicted molar refractivity (Wildman–Crippen MR) is 99.7 cm³/mol. The zero-order valence-electron chi connectivity index (χ0n) is 14.4. The first kappa shape index (κ1) is 28.2. The van der Waals surface area contributed by atoms with Gasteiger partial charge >= 0.3 is 19.6 Å². The molecule has 0 bridgehead atoms. The molecule has 0 radical (unpaired) electrons. The molecule has 0 fully saturated rings. The predicted octanol–water partition coefficient (Wildman–Crippen LogP) is -0.255. The van der Waals surface area contributed by atoms with Gasteiger partial charge in [0.2, 0.25) is 0 Å². The van der Waals surface area contributed by atoms with Crippen molar-refractivity contribution in [2.45, 2.75) is 38.8 Å². The van der Waals surface area contributed by atoms with Crippen molar-refractivity contribution in [2.75, 3.05) is 0 Å². The third-order valence-electron chi connectivity index (χ3n) is 2.66. The number of hydrogen-bond donors (Lipinski definition) is 6. The average Bonchev–Trinajstić information content (AvgIpc) is 2.48. The van der Waals surface area contributed by atoms with Crippen LogP contribution in [0.4, 0.5) is 0 Å². The summed E-state index contributed by atoms with van der Waals surface area (Å²) in [6.07, 6.45) is 0.936. The standard InChI is InChI=1S/C9H11NO2.C6H13NO2.BH3O2.ClH/c10-8(9(11)12)6-7-4-2-1-3-5-7;1-4(2)3-5(7)6(8)9;2-1-3;/h1-5,8H,6,10H2,(H,11,12);4-5H,3,7H2,1-2H3,(H,8,9);1-3H;1H. The number of rotatable bonds is 6. The van der Waals surface area contributed by atoms with E-state index in [2.05, 4.69) is 0 Å². The minimum Gasteiger partial charge on any atom is -0.480 e. The van der Waals surface area contributed by atoms with Crippen LogP contribution >= 0.6 is 12.4 Å². The molecule has 1 aromatic rings. The van der Waals surface area contributed by atoms with Crippen LogP contribution in [-0.2, 0) is 16.0 Å². The number of nitrogens with two attached hydrogens (primary N) is 2. The zero-order valence-corrected chi connectivity index (χ0v) is 15.2. The molecule has 0 aromatic heterocycles. The van der Waals surface area contributed by atoms with Crippen molar-refractivity contribution in [3.05, 3.63) is 35.9 Å². The third-order valence-corrected chi connectivity index (χ3v) is 2.66. The summed E-state index contributed by atoms with van der Waals surface area (Å²) in [5.41, 5.74) is 11.5. The molecule has 8 nitrogen and oxygen atoms in total. The molecule has 0 amide bonds. The van der Waals surface area contributed by atoms with E-state index in [0.29, 0.717) is 18.8 Å². The molecule has 2 unspecified atom stereocenters. The fraction of sp³-hybridized carbons (Fsp3) is 0.467. The highest BCUT2D eigenvalue weighted by atomic mass is 35.5. The first-order valence-corrected chi connectivity index (χ1v) is 7.38. The van der Waals surface area contributed by atoms with Gasteiger partial charge in [-0.3, -0.25) is 9.59 Å². The van der Waals surface area contributed by atoms with Gasteiger partial charge in [0.15, 0.2) is 0 Å². The highest BCUT2D eigenvalue weighted by molar-refractivity contribution is 6.13. The Kier molecular flexibility index (Phi) is 19.4. The van der Waals surface area contributed by atoms with E-state index in [1.165, 1.54) is 0 Å². The van der Waals surface area contributed by atoms with Gasteiger partial charge in [0.05, 0.1) is 0 Å². The molecular formula is C15H28BClN2O6. The molecule has 0 saturated heterocycles. The fourth-order valence-electron chi connectivity index (χ4n) is 1.56. The number of halogens is 1. The maximum atomic E-state index is 10.4. The summed E-state index contributed by atoms with van der Waals surface area (Å²) >= 11 is 0. The van der Waals surface area contributed by atoms with Gasteiger partial charge < -0.3 is 31.7 Å². The molecule has 10 heteroatoms. The zero-order chi connectivity index (χ0) is 19.1. The number of carboxylic acids is 2. The van der Waals surface area contributed by atoms with Gasteiger partial charge in [0.25, 0.3) is 0 Å². The lowest BCUT2D eigenvalue weighted by Crippen LogP contribution is -2.32. The van der Waals surface area contributed by atoms with E-state index in [4.69, 9.17) is 31.7 Å². The molecule has 2 atom stereocenters. The van der Waals surface area contributed by atoms with Gasteiger partial charge in [-0.15, -0.1) is 12.4 Å². The minimum absolute atomic E-state index is 0. The molecular weight excluding hydrogens is 350 g/mol. The van der Waals surface area contributed by atoms with Gasteiger partial charge in [0.1, 0.15) is 12.1 Å². The minimum atomic E-state index is -0.959. The van der Waals surface area contributed by atoms with Crippen LogP contribution in [0.2, 0.25) is 0 Å². The molecule has 8 N–H and O–H groups in total. The number of carbonyl (C=O) groups is 2. The summed E-state index contributed by atoms with van der Waals surface area (Å²) in [6.45, 7) is 3.89. The lowest BCUT2D eigenvalue weighted by Gasteiger charge is -2.07. The Labute approximate surface area is 154 Å². The normalized spacial score (nSPS) is 11.5. The maximum Gasteiger partial charge on any atom is 0.432 e. The van der Waals surface area contributed by atoms with E-state index in [0.717, 1.165) is 5.56 Å². The summed E-state index contributed by atoms with van der Waals surface area (Å²) in [7, 11) is -0.750. The third kappa shape index (κ3) is 18.5. The number of hydrogen-bond acceptors (Lipinski definition) is 6. The van der Waals surface area contributed by atoms with Crippen molar-refractivity contribution < 1.29 is 29.9 Å². The second-order valence-corrected chi connectivity index (χ2v) is 5.35. The number of carboxylic acid groups (broad SMARTS) is 2. The Morgan fingerprint density at radius 3 is 1.68 bits per heavy atom. The molecule has 0 aliphatic carbocycles. The Morgan fingerprint density at radius 2 is 1.40 bits per heavy atom. The van der Waals surface area contributed by atoms with Crippen LogP contribution in [0.25, 0.3) is 0 Å². The largest absolute Gasteiger partial charge is 0.480 e. The highest BCUT2D eigenvalue weighted by Crippen LogP contribution is 2.02. The molecule has 0 spiro atoms. The summed E-state index contributed by atoms with van der Waals surface area (Å²) < 4.78 is 0. The topological polar surface area (TPSA) is 167 Å². The average molecular weight is 379 g/mol. The molecule has 0 aliphatic rings. The van der Waals surface area contributed by atoms with E-state index in [1.807, 2.05) is 44.2 Å². The summed E-state index contributed by atoms with van der Waals surface area (Å²) in [5.74, 6) is -1.52. The van der Waals surface area contributed by atoms with E-state index in [9.17, 15) is 9.59 Å². The first-order valence-electron chi connectivity index (χ1n) is 7.38. The molecule has 25 heavy (non-hydrogen) atoms. The van der Waals surface area contributed by atoms with Crippen LogP contribution in [0.5, 0.6) is 0 Å². The van der Waals surface area contributed by atoms with E-state index < -0.39 is 31.7 Å². The SMILES string of the molecule is CC(C)CC(N)C(=O)O.Cl.NC(Cc1ccccc1)C(=O)O.OBO. The number of benzene rings is 1. The second kappa shape index (κ2) is 17.2. The number of aliphatic carboxylic acids is 2. The van der Waals surface area contributed by atoms with Crippen molar-refractivity contribution in [2.24, 2.45) is 17.4 Å². The monoisotopic (exact) mass is 378 g/mol. The van der Waals surface area contributed by atoms with E-state index in [-0.39, 0.29) is 12.4 Å². The van der Waals surface area contributed by atoms with Crippen LogP contribution in [0.1, 0.15) is 25.8 Å². The highest BCUT2D eigenvalue weighted by Gasteiger charge is 2.12. The summed E-state index contributed by atoms with van der Waals surface area (Å²) in [4.78, 5) is 20.5. The van der Waals surface area contributed by atoms with Crippen LogP contribution in [-0.4, -0.2) is 52.0 Å². The van der Waals surface area contributed by atoms with Crippen LogP contribution in [0.3, 0.4) is 0 Å². The lowest BCUT2D eigenvalue weighted by atomic mass is 10.1. The Morgan fingerprint density at radius 1 is 1.00 bits per heavy atom. The van der Waals surface area contributed by atoms with E-state index >= 15 is 0 Å². The van der Waals surface area contributed by atoms with Gasteiger partial charge in [-0.1, -0.05) is 44.2 Å². The Balaban J connectivity index is -0.000000333. The maximum absolute atomic E-state index is 10.4. The molecule has 144 valence electrons. The van der Waals surface area contributed by atoms with Crippen molar-refractivity contribution in [3.8, 4) is 0 Å². The van der Waals surface area contributed by atoms with Gasteiger partial charge in [-0.05, 0) is 24.3 Å². The van der Waals surface area contributed by atoms with Gasteiger partial charge in [-0.2, -0.15) is 0 Å². The Bertz CT molecular complexity index is 465. The lowest BCUT2D eigenvalue weighted by molar-refractivity contribution is -0.139. The molecule has 1 rings (SSSR count). The van der Waals surface area contributed by atoms with Crippen LogP contribution in [0, 0.1) is 5.92 Å². The fourth-order valence-corrected chi connectivity index (χ4v) is 1.56. The van der Waals surface area contributed by atoms with Crippen LogP contribution < -0.4 is 11.5 Å². The second-order valence-electron chi connectivity index (χ2n) is 5.35. The van der Waals surface area contributed by atoms with Crippen LogP contribution in [0.15, 0.2) is 30.3 Å². The van der Waals surface area contributed by atoms with Crippen molar-refractivity contribution >= 4 is 32.0 Å². The summed E-state index contributed by atoms with van der Waals surface area (Å²) in [6, 6.07) is 7.85. The summed E-state index contributed by atoms with van der Waals surface area (Å²) in [5, 5.41) is 31.1. The smallest absolute Gasteiger partial charge is 0.432 e. The van der Waals surface area contributed by atoms with E-state index in [1.54, 1.807) is 0 Å². The van der Waals surface area contributed by atoms with Gasteiger partial charge in [0, 0.05) is 0 Å².